The van der Waals surface area contributed by atoms with Crippen molar-refractivity contribution in [3.05, 3.63) is 4.91 Å². The summed E-state index contributed by atoms with van der Waals surface area (Å²) in [5.41, 5.74) is 4.98. The standard InChI is InChI=1S/C9H15N3O5/c1-9(2)16-6-4-15-5(7(6)17-9)3-12(11-14)8(10)13/h5-7H,3-4H2,1-2H3,(H2,10,13)/t5-,6+,7+/m1/s1. The molecule has 2 aliphatic rings. The molecule has 0 aliphatic carbocycles. The topological polar surface area (TPSA) is 103 Å². The molecule has 0 aromatic rings. The maximum Gasteiger partial charge on any atom is 0.337 e. The summed E-state index contributed by atoms with van der Waals surface area (Å²) in [4.78, 5) is 21.3. The molecule has 96 valence electrons. The first-order valence-electron chi connectivity index (χ1n) is 5.30. The van der Waals surface area contributed by atoms with Crippen molar-refractivity contribution in [2.45, 2.75) is 37.9 Å². The maximum atomic E-state index is 10.9. The molecule has 0 saturated carbocycles. The fraction of sp³-hybridized carbons (Fsp3) is 0.889. The number of fused-ring (bicyclic) bond motifs is 1. The van der Waals surface area contributed by atoms with Crippen LogP contribution in [0.2, 0.25) is 0 Å². The molecule has 2 rings (SSSR count). The van der Waals surface area contributed by atoms with E-state index < -0.39 is 17.9 Å². The fourth-order valence-corrected chi connectivity index (χ4v) is 2.11. The van der Waals surface area contributed by atoms with Crippen molar-refractivity contribution in [3.8, 4) is 0 Å². The van der Waals surface area contributed by atoms with Crippen LogP contribution in [0.4, 0.5) is 4.79 Å². The SMILES string of the molecule is CC1(C)O[C@@H]2[C@H](CO[C@@H]2CN(N=O)C(N)=O)O1. The van der Waals surface area contributed by atoms with Crippen molar-refractivity contribution in [1.82, 2.24) is 5.01 Å². The summed E-state index contributed by atoms with van der Waals surface area (Å²) in [6, 6.07) is -0.912. The highest BCUT2D eigenvalue weighted by atomic mass is 16.8. The molecule has 2 fully saturated rings. The number of amides is 2. The van der Waals surface area contributed by atoms with Crippen molar-refractivity contribution in [3.63, 3.8) is 0 Å². The van der Waals surface area contributed by atoms with Gasteiger partial charge in [-0.3, -0.25) is 0 Å². The molecule has 0 spiro atoms. The molecule has 0 aromatic carbocycles. The summed E-state index contributed by atoms with van der Waals surface area (Å²) in [5, 5.41) is 3.15. The van der Waals surface area contributed by atoms with E-state index in [2.05, 4.69) is 5.29 Å². The molecule has 2 N–H and O–H groups in total. The minimum atomic E-state index is -0.912. The Labute approximate surface area is 97.9 Å². The molecule has 2 aliphatic heterocycles. The van der Waals surface area contributed by atoms with E-state index in [9.17, 15) is 9.70 Å². The maximum absolute atomic E-state index is 10.9. The molecule has 2 saturated heterocycles. The van der Waals surface area contributed by atoms with Crippen LogP contribution < -0.4 is 5.73 Å². The minimum absolute atomic E-state index is 0.0283. The van der Waals surface area contributed by atoms with Crippen LogP contribution in [-0.2, 0) is 14.2 Å². The lowest BCUT2D eigenvalue weighted by Gasteiger charge is -2.23. The highest BCUT2D eigenvalue weighted by molar-refractivity contribution is 5.71. The van der Waals surface area contributed by atoms with Gasteiger partial charge in [-0.2, -0.15) is 5.01 Å². The van der Waals surface area contributed by atoms with Crippen molar-refractivity contribution in [2.24, 2.45) is 11.0 Å². The van der Waals surface area contributed by atoms with Gasteiger partial charge in [-0.05, 0) is 13.8 Å². The van der Waals surface area contributed by atoms with Crippen molar-refractivity contribution in [1.29, 1.82) is 0 Å². The molecule has 0 unspecified atom stereocenters. The summed E-state index contributed by atoms with van der Waals surface area (Å²) >= 11 is 0. The van der Waals surface area contributed by atoms with Gasteiger partial charge >= 0.3 is 6.03 Å². The predicted octanol–water partition coefficient (Wildman–Crippen LogP) is -0.0326. The van der Waals surface area contributed by atoms with Crippen LogP contribution >= 0.6 is 0 Å². The van der Waals surface area contributed by atoms with Gasteiger partial charge in [0.1, 0.15) is 18.3 Å². The smallest absolute Gasteiger partial charge is 0.337 e. The van der Waals surface area contributed by atoms with E-state index in [4.69, 9.17) is 19.9 Å². The molecule has 3 atom stereocenters. The second kappa shape index (κ2) is 4.21. The van der Waals surface area contributed by atoms with Crippen LogP contribution in [0, 0.1) is 4.91 Å². The van der Waals surface area contributed by atoms with Crippen LogP contribution in [0.3, 0.4) is 0 Å². The Hall–Kier alpha value is -1.25. The number of nitrogens with two attached hydrogens (primary N) is 1. The van der Waals surface area contributed by atoms with Crippen LogP contribution in [0.25, 0.3) is 0 Å². The molecular weight excluding hydrogens is 230 g/mol. The van der Waals surface area contributed by atoms with E-state index in [1.165, 1.54) is 0 Å². The number of hydrogen-bond donors (Lipinski definition) is 1. The first-order chi connectivity index (χ1) is 7.93. The second-order valence-corrected chi connectivity index (χ2v) is 4.51. The Morgan fingerprint density at radius 2 is 2.24 bits per heavy atom. The zero-order valence-electron chi connectivity index (χ0n) is 9.66. The van der Waals surface area contributed by atoms with E-state index in [-0.39, 0.29) is 18.8 Å². The number of urea groups is 1. The average Bonchev–Trinajstić information content (AvgIpc) is 2.70. The molecule has 0 aromatic heterocycles. The minimum Gasteiger partial charge on any atom is -0.371 e. The van der Waals surface area contributed by atoms with E-state index >= 15 is 0 Å². The first-order valence-corrected chi connectivity index (χ1v) is 5.30. The molecule has 0 radical (unpaired) electrons. The zero-order valence-corrected chi connectivity index (χ0v) is 9.66. The van der Waals surface area contributed by atoms with Gasteiger partial charge in [0.25, 0.3) is 0 Å². The third-order valence-electron chi connectivity index (χ3n) is 2.77. The van der Waals surface area contributed by atoms with Gasteiger partial charge in [-0.25, -0.2) is 4.79 Å². The zero-order chi connectivity index (χ0) is 12.6. The second-order valence-electron chi connectivity index (χ2n) is 4.51. The molecule has 2 amide bonds. The third-order valence-corrected chi connectivity index (χ3v) is 2.77. The number of primary amides is 1. The molecule has 0 bridgehead atoms. The van der Waals surface area contributed by atoms with E-state index in [1.54, 1.807) is 13.8 Å². The number of nitroso groups, excluding NO2 is 1. The third kappa shape index (κ3) is 2.38. The van der Waals surface area contributed by atoms with E-state index in [0.29, 0.717) is 11.6 Å². The van der Waals surface area contributed by atoms with Gasteiger partial charge in [0.2, 0.25) is 0 Å². The summed E-state index contributed by atoms with van der Waals surface area (Å²) < 4.78 is 16.6. The Morgan fingerprint density at radius 3 is 2.82 bits per heavy atom. The normalized spacial score (nSPS) is 34.4. The lowest BCUT2D eigenvalue weighted by molar-refractivity contribution is -0.175. The Bertz CT molecular complexity index is 335. The monoisotopic (exact) mass is 245 g/mol. The Balaban J connectivity index is 1.99. The van der Waals surface area contributed by atoms with Crippen molar-refractivity contribution in [2.75, 3.05) is 13.2 Å². The number of hydrogen-bond acceptors (Lipinski definition) is 6. The quantitative estimate of drug-likeness (QED) is 0.555. The van der Waals surface area contributed by atoms with Gasteiger partial charge in [-0.15, -0.1) is 4.91 Å². The summed E-state index contributed by atoms with van der Waals surface area (Å²) in [6.45, 7) is 3.93. The Morgan fingerprint density at radius 1 is 1.53 bits per heavy atom. The predicted molar refractivity (Wildman–Crippen MR) is 55.6 cm³/mol. The first kappa shape index (κ1) is 12.2. The number of rotatable bonds is 3. The van der Waals surface area contributed by atoms with Crippen LogP contribution in [0.1, 0.15) is 13.8 Å². The molecular formula is C9H15N3O5. The molecule has 8 heteroatoms. The highest BCUT2D eigenvalue weighted by Gasteiger charge is 2.50. The van der Waals surface area contributed by atoms with Crippen LogP contribution in [0.15, 0.2) is 5.29 Å². The van der Waals surface area contributed by atoms with Gasteiger partial charge in [0.05, 0.1) is 18.4 Å². The summed E-state index contributed by atoms with van der Waals surface area (Å²) in [6.07, 6.45) is -0.947. The van der Waals surface area contributed by atoms with Gasteiger partial charge < -0.3 is 19.9 Å². The van der Waals surface area contributed by atoms with E-state index in [0.717, 1.165) is 0 Å². The van der Waals surface area contributed by atoms with Gasteiger partial charge in [0, 0.05) is 0 Å². The number of ether oxygens (including phenoxy) is 3. The fourth-order valence-electron chi connectivity index (χ4n) is 2.11. The molecule has 2 heterocycles. The molecule has 17 heavy (non-hydrogen) atoms. The van der Waals surface area contributed by atoms with Crippen molar-refractivity contribution < 1.29 is 19.0 Å². The Kier molecular flexibility index (Phi) is 3.02. The van der Waals surface area contributed by atoms with Crippen LogP contribution in [0.5, 0.6) is 0 Å². The molecule has 8 nitrogen and oxygen atoms in total. The lowest BCUT2D eigenvalue weighted by atomic mass is 10.1. The summed E-state index contributed by atoms with van der Waals surface area (Å²) in [7, 11) is 0. The van der Waals surface area contributed by atoms with Gasteiger partial charge in [-0.1, -0.05) is 0 Å². The van der Waals surface area contributed by atoms with Crippen LogP contribution in [-0.4, -0.2) is 48.3 Å². The lowest BCUT2D eigenvalue weighted by Crippen LogP contribution is -2.42. The number of carbonyl (C=O) groups excluding carboxylic acids is 1. The largest absolute Gasteiger partial charge is 0.371 e. The summed E-state index contributed by atoms with van der Waals surface area (Å²) in [5.74, 6) is -0.677. The highest BCUT2D eigenvalue weighted by Crippen LogP contribution is 2.35. The number of nitrogens with zero attached hydrogens (tertiary/aromatic N) is 2. The van der Waals surface area contributed by atoms with Gasteiger partial charge in [0.15, 0.2) is 5.79 Å². The average molecular weight is 245 g/mol. The number of carbonyl (C=O) groups is 1. The van der Waals surface area contributed by atoms with E-state index in [1.807, 2.05) is 0 Å². The van der Waals surface area contributed by atoms with Crippen molar-refractivity contribution >= 4 is 6.03 Å².